The van der Waals surface area contributed by atoms with E-state index in [1.165, 1.54) is 57.8 Å². The lowest BCUT2D eigenvalue weighted by molar-refractivity contribution is -0.144. The SMILES string of the molecule is CC1=CCC[C@]2(C)[C@H]3CC=C4[C@@H]5[C@@H](C)[C@H](C)CC[C@]5(C)CC[C@@]4(C)[C@]3(C)CC[C@@H]12. The van der Waals surface area contributed by atoms with Gasteiger partial charge in [-0.25, -0.2) is 0 Å². The minimum absolute atomic E-state index is 0.425. The van der Waals surface area contributed by atoms with Gasteiger partial charge in [-0.3, -0.25) is 0 Å². The van der Waals surface area contributed by atoms with Gasteiger partial charge in [0.05, 0.1) is 0 Å². The van der Waals surface area contributed by atoms with E-state index in [0.717, 1.165) is 29.6 Å². The van der Waals surface area contributed by atoms with Gasteiger partial charge in [0, 0.05) is 0 Å². The van der Waals surface area contributed by atoms with Crippen LogP contribution >= 0.6 is 0 Å². The molecule has 0 heteroatoms. The van der Waals surface area contributed by atoms with E-state index in [9.17, 15) is 0 Å². The van der Waals surface area contributed by atoms with Crippen molar-refractivity contribution >= 4 is 0 Å². The first-order chi connectivity index (χ1) is 13.6. The second kappa shape index (κ2) is 6.26. The molecule has 29 heavy (non-hydrogen) atoms. The fraction of sp³-hybridized carbons (Fsp3) is 0.862. The third-order valence-electron chi connectivity index (χ3n) is 12.4. The number of hydrogen-bond acceptors (Lipinski definition) is 0. The van der Waals surface area contributed by atoms with Crippen LogP contribution in [0.25, 0.3) is 0 Å². The molecule has 9 atom stereocenters. The van der Waals surface area contributed by atoms with Gasteiger partial charge in [-0.05, 0) is 116 Å². The van der Waals surface area contributed by atoms with Crippen molar-refractivity contribution in [3.8, 4) is 0 Å². The maximum atomic E-state index is 2.84. The highest BCUT2D eigenvalue weighted by molar-refractivity contribution is 5.34. The van der Waals surface area contributed by atoms with Crippen LogP contribution in [0, 0.1) is 51.2 Å². The average Bonchev–Trinajstić information content (AvgIpc) is 2.66. The van der Waals surface area contributed by atoms with E-state index in [2.05, 4.69) is 60.6 Å². The van der Waals surface area contributed by atoms with E-state index in [1.807, 2.05) is 5.57 Å². The fourth-order valence-electron chi connectivity index (χ4n) is 10.1. The molecule has 0 unspecified atom stereocenters. The van der Waals surface area contributed by atoms with Crippen LogP contribution in [0.4, 0.5) is 0 Å². The molecule has 162 valence electrons. The van der Waals surface area contributed by atoms with Crippen molar-refractivity contribution in [3.05, 3.63) is 23.3 Å². The van der Waals surface area contributed by atoms with Crippen LogP contribution in [-0.2, 0) is 0 Å². The van der Waals surface area contributed by atoms with Crippen LogP contribution in [0.5, 0.6) is 0 Å². The van der Waals surface area contributed by atoms with E-state index in [-0.39, 0.29) is 0 Å². The van der Waals surface area contributed by atoms with Crippen LogP contribution in [0.15, 0.2) is 23.3 Å². The van der Waals surface area contributed by atoms with Gasteiger partial charge >= 0.3 is 0 Å². The Bertz CT molecular complexity index is 756. The average molecular weight is 395 g/mol. The van der Waals surface area contributed by atoms with Crippen LogP contribution in [0.1, 0.15) is 106 Å². The number of rotatable bonds is 0. The Balaban J connectivity index is 1.60. The summed E-state index contributed by atoms with van der Waals surface area (Å²) in [6.45, 7) is 18.4. The molecule has 5 aliphatic rings. The van der Waals surface area contributed by atoms with Gasteiger partial charge in [-0.1, -0.05) is 64.8 Å². The third kappa shape index (κ3) is 2.44. The molecule has 0 N–H and O–H groups in total. The molecular weight excluding hydrogens is 348 g/mol. The summed E-state index contributed by atoms with van der Waals surface area (Å²) in [6, 6.07) is 0. The monoisotopic (exact) mass is 394 g/mol. The Morgan fingerprint density at radius 3 is 2.38 bits per heavy atom. The molecule has 0 bridgehead atoms. The first-order valence-corrected chi connectivity index (χ1v) is 12.9. The van der Waals surface area contributed by atoms with Gasteiger partial charge in [0.2, 0.25) is 0 Å². The Morgan fingerprint density at radius 1 is 0.862 bits per heavy atom. The lowest BCUT2D eigenvalue weighted by atomic mass is 9.35. The van der Waals surface area contributed by atoms with Gasteiger partial charge in [0.25, 0.3) is 0 Å². The van der Waals surface area contributed by atoms with Crippen molar-refractivity contribution in [3.63, 3.8) is 0 Å². The summed E-state index contributed by atoms with van der Waals surface area (Å²) in [6.07, 6.45) is 18.2. The van der Waals surface area contributed by atoms with E-state index in [1.54, 1.807) is 5.57 Å². The Kier molecular flexibility index (Phi) is 4.40. The highest BCUT2D eigenvalue weighted by Crippen LogP contribution is 2.74. The Labute approximate surface area is 181 Å². The smallest absolute Gasteiger partial charge is 0.00564 e. The highest BCUT2D eigenvalue weighted by atomic mass is 14.7. The highest BCUT2D eigenvalue weighted by Gasteiger charge is 2.65. The van der Waals surface area contributed by atoms with Crippen molar-refractivity contribution < 1.29 is 0 Å². The summed E-state index contributed by atoms with van der Waals surface area (Å²) < 4.78 is 0. The fourth-order valence-corrected chi connectivity index (χ4v) is 10.1. The van der Waals surface area contributed by atoms with Crippen LogP contribution in [0.2, 0.25) is 0 Å². The molecular formula is C29H46. The lowest BCUT2D eigenvalue weighted by Crippen LogP contribution is -2.61. The molecule has 5 rings (SSSR count). The van der Waals surface area contributed by atoms with Crippen molar-refractivity contribution in [1.29, 1.82) is 0 Å². The van der Waals surface area contributed by atoms with Gasteiger partial charge in [0.1, 0.15) is 0 Å². The van der Waals surface area contributed by atoms with Gasteiger partial charge in [0.15, 0.2) is 0 Å². The van der Waals surface area contributed by atoms with Gasteiger partial charge in [-0.2, -0.15) is 0 Å². The quantitative estimate of drug-likeness (QED) is 0.361. The number of fused-ring (bicyclic) bond motifs is 7. The van der Waals surface area contributed by atoms with E-state index in [0.29, 0.717) is 21.7 Å². The predicted octanol–water partition coefficient (Wildman–Crippen LogP) is 8.58. The number of hydrogen-bond donors (Lipinski definition) is 0. The van der Waals surface area contributed by atoms with Crippen molar-refractivity contribution in [2.45, 2.75) is 106 Å². The maximum absolute atomic E-state index is 2.84. The standard InChI is InChI=1S/C29H46/c1-19-12-15-26(4)17-18-28(6)23(25(26)21(19)3)10-11-24-27(5)14-8-9-20(2)22(27)13-16-29(24,28)7/h9-10,19,21-22,24-25H,8,11-18H2,1-7H3/t19-,21+,22+,24-,25+,26-,27+,28-,29-/m1/s1. The molecule has 3 fully saturated rings. The Morgan fingerprint density at radius 2 is 1.62 bits per heavy atom. The second-order valence-corrected chi connectivity index (χ2v) is 13.3. The summed E-state index contributed by atoms with van der Waals surface area (Å²) in [5.74, 6) is 4.29. The third-order valence-corrected chi connectivity index (χ3v) is 12.4. The zero-order valence-corrected chi connectivity index (χ0v) is 20.4. The molecule has 0 nitrogen and oxygen atoms in total. The first-order valence-electron chi connectivity index (χ1n) is 12.9. The summed E-state index contributed by atoms with van der Waals surface area (Å²) in [5.41, 5.74) is 5.63. The zero-order valence-electron chi connectivity index (χ0n) is 20.4. The predicted molar refractivity (Wildman–Crippen MR) is 125 cm³/mol. The molecule has 0 saturated heterocycles. The minimum Gasteiger partial charge on any atom is -0.0853 e. The molecule has 0 heterocycles. The molecule has 0 aromatic rings. The van der Waals surface area contributed by atoms with E-state index in [4.69, 9.17) is 0 Å². The lowest BCUT2D eigenvalue weighted by Gasteiger charge is -2.69. The van der Waals surface area contributed by atoms with Crippen LogP contribution < -0.4 is 0 Å². The largest absolute Gasteiger partial charge is 0.0853 e. The van der Waals surface area contributed by atoms with E-state index < -0.39 is 0 Å². The molecule has 3 saturated carbocycles. The normalized spacial score (nSPS) is 56.9. The second-order valence-electron chi connectivity index (χ2n) is 13.3. The van der Waals surface area contributed by atoms with Gasteiger partial charge in [-0.15, -0.1) is 0 Å². The molecule has 0 aromatic carbocycles. The molecule has 0 aromatic heterocycles. The zero-order chi connectivity index (χ0) is 20.8. The minimum atomic E-state index is 0.425. The van der Waals surface area contributed by atoms with Crippen molar-refractivity contribution in [2.24, 2.45) is 51.2 Å². The summed E-state index contributed by atoms with van der Waals surface area (Å²) in [5, 5.41) is 0. The van der Waals surface area contributed by atoms with E-state index >= 15 is 0 Å². The molecule has 0 amide bonds. The summed E-state index contributed by atoms with van der Waals surface area (Å²) >= 11 is 0. The van der Waals surface area contributed by atoms with Crippen molar-refractivity contribution in [1.82, 2.24) is 0 Å². The van der Waals surface area contributed by atoms with Gasteiger partial charge < -0.3 is 0 Å². The molecule has 0 radical (unpaired) electrons. The number of allylic oxidation sites excluding steroid dienone is 4. The Hall–Kier alpha value is -0.520. The maximum Gasteiger partial charge on any atom is -0.00564 e. The van der Waals surface area contributed by atoms with Crippen LogP contribution in [0.3, 0.4) is 0 Å². The summed E-state index contributed by atoms with van der Waals surface area (Å²) in [7, 11) is 0. The van der Waals surface area contributed by atoms with Crippen molar-refractivity contribution in [2.75, 3.05) is 0 Å². The molecule has 0 aliphatic heterocycles. The van der Waals surface area contributed by atoms with Crippen LogP contribution in [-0.4, -0.2) is 0 Å². The molecule has 5 aliphatic carbocycles. The summed E-state index contributed by atoms with van der Waals surface area (Å²) in [4.78, 5) is 0. The first kappa shape index (κ1) is 20.4. The topological polar surface area (TPSA) is 0 Å². The molecule has 0 spiro atoms.